The van der Waals surface area contributed by atoms with E-state index in [1.165, 1.54) is 0 Å². The first-order chi connectivity index (χ1) is 9.81. The second kappa shape index (κ2) is 8.90. The fraction of sp³-hybridized carbons (Fsp3) is 0.333. The molecule has 1 aliphatic rings. The van der Waals surface area contributed by atoms with Gasteiger partial charge in [0, 0.05) is 18.5 Å². The van der Waals surface area contributed by atoms with E-state index in [4.69, 9.17) is 4.74 Å². The lowest BCUT2D eigenvalue weighted by molar-refractivity contribution is -0.119. The zero-order valence-electron chi connectivity index (χ0n) is 12.0. The van der Waals surface area contributed by atoms with Crippen molar-refractivity contribution < 1.29 is 9.53 Å². The first-order valence-corrected chi connectivity index (χ1v) is 6.78. The number of carbonyl (C=O) groups excluding carboxylic acids is 1. The van der Waals surface area contributed by atoms with Gasteiger partial charge < -0.3 is 15.4 Å². The lowest BCUT2D eigenvalue weighted by Gasteiger charge is -2.23. The van der Waals surface area contributed by atoms with Gasteiger partial charge in [-0.25, -0.2) is 0 Å². The molecule has 3 rings (SSSR count). The minimum atomic E-state index is -0.0456. The van der Waals surface area contributed by atoms with Gasteiger partial charge in [-0.15, -0.1) is 24.8 Å². The zero-order chi connectivity index (χ0) is 13.8. The third-order valence-corrected chi connectivity index (χ3v) is 3.29. The largest absolute Gasteiger partial charge is 0.375 e. The summed E-state index contributed by atoms with van der Waals surface area (Å²) in [7, 11) is 0. The molecule has 22 heavy (non-hydrogen) atoms. The van der Waals surface area contributed by atoms with Crippen molar-refractivity contribution in [2.75, 3.05) is 25.0 Å². The molecule has 1 unspecified atom stereocenters. The molecule has 5 nitrogen and oxygen atoms in total. The number of fused-ring (bicyclic) bond motifs is 1. The van der Waals surface area contributed by atoms with Crippen molar-refractivity contribution in [2.45, 2.75) is 12.5 Å². The SMILES string of the molecule is Cl.Cl.O=C(CC1CNCCO1)Nc1cnc2ccccc2c1. The van der Waals surface area contributed by atoms with Crippen molar-refractivity contribution in [3.8, 4) is 0 Å². The quantitative estimate of drug-likeness (QED) is 0.898. The highest BCUT2D eigenvalue weighted by molar-refractivity contribution is 5.93. The van der Waals surface area contributed by atoms with E-state index < -0.39 is 0 Å². The number of carbonyl (C=O) groups is 1. The Morgan fingerprint density at radius 1 is 1.36 bits per heavy atom. The number of para-hydroxylation sites is 1. The maximum absolute atomic E-state index is 12.0. The Morgan fingerprint density at radius 3 is 2.95 bits per heavy atom. The Bertz CT molecular complexity index is 619. The topological polar surface area (TPSA) is 63.2 Å². The third-order valence-electron chi connectivity index (χ3n) is 3.29. The van der Waals surface area contributed by atoms with E-state index in [2.05, 4.69) is 15.6 Å². The normalized spacial score (nSPS) is 17.2. The number of morpholine rings is 1. The predicted molar refractivity (Wildman–Crippen MR) is 92.1 cm³/mol. The molecule has 1 fully saturated rings. The van der Waals surface area contributed by atoms with Crippen molar-refractivity contribution in [1.82, 2.24) is 10.3 Å². The van der Waals surface area contributed by atoms with Gasteiger partial charge in [0.15, 0.2) is 0 Å². The minimum Gasteiger partial charge on any atom is -0.375 e. The number of nitrogens with zero attached hydrogens (tertiary/aromatic N) is 1. The molecule has 0 aliphatic carbocycles. The Morgan fingerprint density at radius 2 is 2.18 bits per heavy atom. The average molecular weight is 344 g/mol. The number of nitrogens with one attached hydrogen (secondary N) is 2. The molecule has 1 amide bonds. The second-order valence-electron chi connectivity index (χ2n) is 4.87. The molecule has 2 aromatic rings. The lowest BCUT2D eigenvalue weighted by Crippen LogP contribution is -2.40. The summed E-state index contributed by atoms with van der Waals surface area (Å²) in [4.78, 5) is 16.3. The number of amides is 1. The Hall–Kier alpha value is -1.40. The molecule has 1 saturated heterocycles. The van der Waals surface area contributed by atoms with Gasteiger partial charge in [-0.2, -0.15) is 0 Å². The fourth-order valence-corrected chi connectivity index (χ4v) is 2.31. The van der Waals surface area contributed by atoms with Crippen LogP contribution in [0.2, 0.25) is 0 Å². The summed E-state index contributed by atoms with van der Waals surface area (Å²) in [5.74, 6) is -0.0456. The number of aromatic nitrogens is 1. The van der Waals surface area contributed by atoms with E-state index in [0.717, 1.165) is 29.7 Å². The van der Waals surface area contributed by atoms with E-state index in [9.17, 15) is 4.79 Å². The highest BCUT2D eigenvalue weighted by Crippen LogP contribution is 2.16. The van der Waals surface area contributed by atoms with E-state index >= 15 is 0 Å². The summed E-state index contributed by atoms with van der Waals surface area (Å²) < 4.78 is 5.52. The van der Waals surface area contributed by atoms with Crippen molar-refractivity contribution in [1.29, 1.82) is 0 Å². The summed E-state index contributed by atoms with van der Waals surface area (Å²) >= 11 is 0. The monoisotopic (exact) mass is 343 g/mol. The molecule has 7 heteroatoms. The molecule has 2 heterocycles. The molecule has 120 valence electrons. The first-order valence-electron chi connectivity index (χ1n) is 6.78. The number of pyridine rings is 1. The van der Waals surface area contributed by atoms with Crippen molar-refractivity contribution >= 4 is 47.3 Å². The van der Waals surface area contributed by atoms with E-state index in [-0.39, 0.29) is 36.8 Å². The lowest BCUT2D eigenvalue weighted by atomic mass is 10.2. The van der Waals surface area contributed by atoms with Crippen LogP contribution >= 0.6 is 24.8 Å². The fourth-order valence-electron chi connectivity index (χ4n) is 2.31. The van der Waals surface area contributed by atoms with Crippen LogP contribution in [0.5, 0.6) is 0 Å². The van der Waals surface area contributed by atoms with Gasteiger partial charge in [-0.3, -0.25) is 9.78 Å². The molecular formula is C15H19Cl2N3O2. The summed E-state index contributed by atoms with van der Waals surface area (Å²) in [6, 6.07) is 9.76. The van der Waals surface area contributed by atoms with Crippen molar-refractivity contribution in [3.63, 3.8) is 0 Å². The second-order valence-corrected chi connectivity index (χ2v) is 4.87. The Balaban J connectivity index is 0.00000121. The molecule has 1 aromatic heterocycles. The summed E-state index contributed by atoms with van der Waals surface area (Å²) in [6.07, 6.45) is 2.00. The van der Waals surface area contributed by atoms with Gasteiger partial charge in [0.2, 0.25) is 5.91 Å². The van der Waals surface area contributed by atoms with E-state index in [0.29, 0.717) is 13.0 Å². The maximum atomic E-state index is 12.0. The zero-order valence-corrected chi connectivity index (χ0v) is 13.6. The van der Waals surface area contributed by atoms with Crippen LogP contribution in [0.4, 0.5) is 5.69 Å². The number of ether oxygens (including phenoxy) is 1. The minimum absolute atomic E-state index is 0. The van der Waals surface area contributed by atoms with Crippen molar-refractivity contribution in [3.05, 3.63) is 36.5 Å². The van der Waals surface area contributed by atoms with Gasteiger partial charge in [0.05, 0.1) is 36.5 Å². The first kappa shape index (κ1) is 18.6. The van der Waals surface area contributed by atoms with Crippen LogP contribution in [0.1, 0.15) is 6.42 Å². The van der Waals surface area contributed by atoms with E-state index in [1.54, 1.807) is 6.20 Å². The number of anilines is 1. The van der Waals surface area contributed by atoms with Crippen LogP contribution in [-0.4, -0.2) is 36.7 Å². The average Bonchev–Trinajstić information content (AvgIpc) is 2.48. The molecule has 1 atom stereocenters. The van der Waals surface area contributed by atoms with E-state index in [1.807, 2.05) is 30.3 Å². The van der Waals surface area contributed by atoms with Gasteiger partial charge in [-0.05, 0) is 12.1 Å². The highest BCUT2D eigenvalue weighted by atomic mass is 35.5. The number of hydrogen-bond acceptors (Lipinski definition) is 4. The molecule has 0 radical (unpaired) electrons. The molecule has 0 spiro atoms. The smallest absolute Gasteiger partial charge is 0.227 e. The van der Waals surface area contributed by atoms with Gasteiger partial charge in [-0.1, -0.05) is 18.2 Å². The predicted octanol–water partition coefficient (Wildman–Crippen LogP) is 2.40. The Labute approximate surface area is 141 Å². The number of hydrogen-bond donors (Lipinski definition) is 2. The molecule has 1 aromatic carbocycles. The van der Waals surface area contributed by atoms with Crippen LogP contribution in [0.25, 0.3) is 10.9 Å². The summed E-state index contributed by atoms with van der Waals surface area (Å²) in [5, 5.41) is 7.10. The molecule has 2 N–H and O–H groups in total. The van der Waals surface area contributed by atoms with Crippen LogP contribution in [0, 0.1) is 0 Å². The third kappa shape index (κ3) is 4.81. The van der Waals surface area contributed by atoms with Crippen molar-refractivity contribution in [2.24, 2.45) is 0 Å². The molecule has 0 bridgehead atoms. The van der Waals surface area contributed by atoms with Gasteiger partial charge >= 0.3 is 0 Å². The Kier molecular flexibility index (Phi) is 7.55. The van der Waals surface area contributed by atoms with Crippen LogP contribution < -0.4 is 10.6 Å². The number of halogens is 2. The maximum Gasteiger partial charge on any atom is 0.227 e. The van der Waals surface area contributed by atoms with Crippen LogP contribution in [-0.2, 0) is 9.53 Å². The standard InChI is InChI=1S/C15H17N3O2.2ClH/c19-15(8-13-10-16-5-6-20-13)18-12-7-11-3-1-2-4-14(11)17-9-12;;/h1-4,7,9,13,16H,5-6,8,10H2,(H,18,19);2*1H. The number of rotatable bonds is 3. The highest BCUT2D eigenvalue weighted by Gasteiger charge is 2.17. The molecule has 0 saturated carbocycles. The molecular weight excluding hydrogens is 325 g/mol. The molecule has 1 aliphatic heterocycles. The van der Waals surface area contributed by atoms with Gasteiger partial charge in [0.1, 0.15) is 0 Å². The van der Waals surface area contributed by atoms with Crippen LogP contribution in [0.3, 0.4) is 0 Å². The summed E-state index contributed by atoms with van der Waals surface area (Å²) in [5.41, 5.74) is 1.64. The number of benzene rings is 1. The summed E-state index contributed by atoms with van der Waals surface area (Å²) in [6.45, 7) is 2.24. The van der Waals surface area contributed by atoms with Gasteiger partial charge in [0.25, 0.3) is 0 Å². The van der Waals surface area contributed by atoms with Crippen LogP contribution in [0.15, 0.2) is 36.5 Å².